The molecule has 0 aliphatic rings. The number of hydrogen-bond acceptors (Lipinski definition) is 5. The maximum Gasteiger partial charge on any atom is 0.338 e. The maximum atomic E-state index is 11.4. The second-order valence-corrected chi connectivity index (χ2v) is 3.66. The molecule has 18 heavy (non-hydrogen) atoms. The zero-order valence-electron chi connectivity index (χ0n) is 9.85. The SMILES string of the molecule is C.COC(=O)c1ccc(-c2noc(C)n2)cc1C. The molecule has 2 aromatic rings. The number of aryl methyl sites for hydroxylation is 2. The molecule has 0 bridgehead atoms. The van der Waals surface area contributed by atoms with Gasteiger partial charge in [0.1, 0.15) is 0 Å². The number of nitrogens with zero attached hydrogens (tertiary/aromatic N) is 2. The van der Waals surface area contributed by atoms with Gasteiger partial charge in [-0.25, -0.2) is 4.79 Å². The molecule has 0 aliphatic heterocycles. The van der Waals surface area contributed by atoms with Crippen molar-refractivity contribution in [3.05, 3.63) is 35.2 Å². The Morgan fingerprint density at radius 1 is 1.33 bits per heavy atom. The molecule has 0 saturated heterocycles. The van der Waals surface area contributed by atoms with E-state index in [1.54, 1.807) is 19.1 Å². The van der Waals surface area contributed by atoms with E-state index in [0.717, 1.165) is 11.1 Å². The predicted molar refractivity (Wildman–Crippen MR) is 67.3 cm³/mol. The fraction of sp³-hybridized carbons (Fsp3) is 0.308. The molecule has 0 aliphatic carbocycles. The van der Waals surface area contributed by atoms with E-state index in [0.29, 0.717) is 17.3 Å². The van der Waals surface area contributed by atoms with Gasteiger partial charge in [0.05, 0.1) is 12.7 Å². The van der Waals surface area contributed by atoms with Crippen LogP contribution in [0.4, 0.5) is 0 Å². The lowest BCUT2D eigenvalue weighted by molar-refractivity contribution is 0.0600. The lowest BCUT2D eigenvalue weighted by Crippen LogP contribution is -2.03. The summed E-state index contributed by atoms with van der Waals surface area (Å²) in [6.45, 7) is 3.56. The lowest BCUT2D eigenvalue weighted by Gasteiger charge is -2.04. The molecular weight excluding hydrogens is 232 g/mol. The first-order chi connectivity index (χ1) is 8.11. The van der Waals surface area contributed by atoms with Gasteiger partial charge >= 0.3 is 5.97 Å². The molecule has 0 saturated carbocycles. The molecule has 0 N–H and O–H groups in total. The molecule has 1 aromatic heterocycles. The largest absolute Gasteiger partial charge is 0.465 e. The van der Waals surface area contributed by atoms with Crippen LogP contribution in [0.15, 0.2) is 22.7 Å². The van der Waals surface area contributed by atoms with Crippen LogP contribution >= 0.6 is 0 Å². The van der Waals surface area contributed by atoms with Crippen molar-refractivity contribution >= 4 is 5.97 Å². The maximum absolute atomic E-state index is 11.4. The predicted octanol–water partition coefficient (Wildman–Crippen LogP) is 2.78. The Labute approximate surface area is 106 Å². The molecule has 0 amide bonds. The molecule has 96 valence electrons. The van der Waals surface area contributed by atoms with Crippen molar-refractivity contribution in [3.8, 4) is 11.4 Å². The molecule has 0 unspecified atom stereocenters. The first kappa shape index (κ1) is 13.9. The number of hydrogen-bond donors (Lipinski definition) is 0. The molecule has 0 fully saturated rings. The highest BCUT2D eigenvalue weighted by atomic mass is 16.5. The smallest absolute Gasteiger partial charge is 0.338 e. The number of aromatic nitrogens is 2. The van der Waals surface area contributed by atoms with Gasteiger partial charge in [-0.15, -0.1) is 0 Å². The third-order valence-electron chi connectivity index (χ3n) is 2.42. The van der Waals surface area contributed by atoms with E-state index < -0.39 is 0 Å². The Bertz CT molecular complexity index is 561. The first-order valence-corrected chi connectivity index (χ1v) is 5.11. The average Bonchev–Trinajstić information content (AvgIpc) is 2.75. The Balaban J connectivity index is 0.00000162. The number of ether oxygens (including phenoxy) is 1. The van der Waals surface area contributed by atoms with Crippen molar-refractivity contribution in [1.29, 1.82) is 0 Å². The summed E-state index contributed by atoms with van der Waals surface area (Å²) in [6, 6.07) is 5.29. The highest BCUT2D eigenvalue weighted by Crippen LogP contribution is 2.20. The van der Waals surface area contributed by atoms with E-state index in [-0.39, 0.29) is 13.4 Å². The summed E-state index contributed by atoms with van der Waals surface area (Å²) in [5.74, 6) is 0.676. The van der Waals surface area contributed by atoms with E-state index in [9.17, 15) is 4.79 Å². The normalized spacial score (nSPS) is 9.72. The fourth-order valence-corrected chi connectivity index (χ4v) is 1.56. The molecule has 2 rings (SSSR count). The second kappa shape index (κ2) is 5.44. The van der Waals surface area contributed by atoms with Gasteiger partial charge in [0, 0.05) is 12.5 Å². The second-order valence-electron chi connectivity index (χ2n) is 3.66. The van der Waals surface area contributed by atoms with E-state index >= 15 is 0 Å². The molecule has 0 atom stereocenters. The van der Waals surface area contributed by atoms with Gasteiger partial charge in [0.2, 0.25) is 11.7 Å². The van der Waals surface area contributed by atoms with Crippen LogP contribution in [-0.2, 0) is 4.74 Å². The summed E-state index contributed by atoms with van der Waals surface area (Å²) >= 11 is 0. The summed E-state index contributed by atoms with van der Waals surface area (Å²) in [5, 5.41) is 3.82. The lowest BCUT2D eigenvalue weighted by atomic mass is 10.0. The fourth-order valence-electron chi connectivity index (χ4n) is 1.56. The zero-order chi connectivity index (χ0) is 12.4. The number of benzene rings is 1. The molecule has 0 radical (unpaired) electrons. The molecule has 5 nitrogen and oxygen atoms in total. The number of carbonyl (C=O) groups is 1. The van der Waals surface area contributed by atoms with Gasteiger partial charge in [-0.3, -0.25) is 0 Å². The Kier molecular flexibility index (Phi) is 4.20. The minimum atomic E-state index is -0.349. The van der Waals surface area contributed by atoms with Gasteiger partial charge in [-0.2, -0.15) is 4.98 Å². The monoisotopic (exact) mass is 248 g/mol. The van der Waals surface area contributed by atoms with Crippen molar-refractivity contribution < 1.29 is 14.1 Å². The van der Waals surface area contributed by atoms with Crippen molar-refractivity contribution in [3.63, 3.8) is 0 Å². The average molecular weight is 248 g/mol. The van der Waals surface area contributed by atoms with Gasteiger partial charge < -0.3 is 9.26 Å². The summed E-state index contributed by atoms with van der Waals surface area (Å²) in [7, 11) is 1.36. The Hall–Kier alpha value is -2.17. The van der Waals surface area contributed by atoms with Crippen molar-refractivity contribution in [2.24, 2.45) is 0 Å². The third kappa shape index (κ3) is 2.56. The van der Waals surface area contributed by atoms with Crippen molar-refractivity contribution in [2.75, 3.05) is 7.11 Å². The van der Waals surface area contributed by atoms with Crippen LogP contribution in [0.2, 0.25) is 0 Å². The molecule has 5 heteroatoms. The topological polar surface area (TPSA) is 65.2 Å². The van der Waals surface area contributed by atoms with Crippen LogP contribution in [0.1, 0.15) is 29.2 Å². The van der Waals surface area contributed by atoms with E-state index in [1.807, 2.05) is 13.0 Å². The van der Waals surface area contributed by atoms with E-state index in [4.69, 9.17) is 4.52 Å². The summed E-state index contributed by atoms with van der Waals surface area (Å²) in [5.41, 5.74) is 2.17. The third-order valence-corrected chi connectivity index (χ3v) is 2.42. The van der Waals surface area contributed by atoms with Crippen LogP contribution in [0.5, 0.6) is 0 Å². The summed E-state index contributed by atoms with van der Waals surface area (Å²) < 4.78 is 9.58. The molecule has 0 spiro atoms. The number of methoxy groups -OCH3 is 1. The van der Waals surface area contributed by atoms with Crippen LogP contribution in [0.25, 0.3) is 11.4 Å². The number of carbonyl (C=O) groups excluding carboxylic acids is 1. The zero-order valence-corrected chi connectivity index (χ0v) is 9.85. The van der Waals surface area contributed by atoms with Gasteiger partial charge in [-0.05, 0) is 24.6 Å². The van der Waals surface area contributed by atoms with Gasteiger partial charge in [-0.1, -0.05) is 18.6 Å². The van der Waals surface area contributed by atoms with Gasteiger partial charge in [0.25, 0.3) is 0 Å². The molecular formula is C13H16N2O3. The highest BCUT2D eigenvalue weighted by molar-refractivity contribution is 5.91. The van der Waals surface area contributed by atoms with E-state index in [1.165, 1.54) is 7.11 Å². The minimum Gasteiger partial charge on any atom is -0.465 e. The quantitative estimate of drug-likeness (QED) is 0.764. The highest BCUT2D eigenvalue weighted by Gasteiger charge is 2.12. The van der Waals surface area contributed by atoms with Crippen LogP contribution < -0.4 is 0 Å². The standard InChI is InChI=1S/C12H12N2O3.CH4/c1-7-6-9(11-13-8(2)17-14-11)4-5-10(7)12(15)16-3;/h4-6H,1-3H3;1H4. The van der Waals surface area contributed by atoms with Crippen LogP contribution in [0, 0.1) is 13.8 Å². The van der Waals surface area contributed by atoms with Gasteiger partial charge in [0.15, 0.2) is 0 Å². The van der Waals surface area contributed by atoms with Crippen LogP contribution in [0.3, 0.4) is 0 Å². The number of esters is 1. The Morgan fingerprint density at radius 3 is 2.56 bits per heavy atom. The van der Waals surface area contributed by atoms with Crippen LogP contribution in [-0.4, -0.2) is 23.2 Å². The van der Waals surface area contributed by atoms with E-state index in [2.05, 4.69) is 14.9 Å². The minimum absolute atomic E-state index is 0. The molecule has 1 aromatic carbocycles. The summed E-state index contributed by atoms with van der Waals surface area (Å²) in [4.78, 5) is 15.5. The van der Waals surface area contributed by atoms with Crippen molar-refractivity contribution in [2.45, 2.75) is 21.3 Å². The number of rotatable bonds is 2. The Morgan fingerprint density at radius 2 is 2.06 bits per heavy atom. The van der Waals surface area contributed by atoms with Crippen molar-refractivity contribution in [1.82, 2.24) is 10.1 Å². The summed E-state index contributed by atoms with van der Waals surface area (Å²) in [6.07, 6.45) is 0. The molecule has 1 heterocycles. The first-order valence-electron chi connectivity index (χ1n) is 5.11.